The zero-order valence-corrected chi connectivity index (χ0v) is 14.9. The van der Waals surface area contributed by atoms with Crippen molar-refractivity contribution in [3.8, 4) is 0 Å². The van der Waals surface area contributed by atoms with E-state index in [2.05, 4.69) is 4.98 Å². The fourth-order valence-corrected chi connectivity index (χ4v) is 3.26. The maximum atomic E-state index is 12.9. The van der Waals surface area contributed by atoms with Crippen LogP contribution in [0.1, 0.15) is 33.5 Å². The molecule has 0 atom stereocenters. The van der Waals surface area contributed by atoms with E-state index in [0.717, 1.165) is 28.7 Å². The number of amides is 2. The molecule has 132 valence electrons. The second-order valence-corrected chi connectivity index (χ2v) is 6.74. The molecule has 1 aliphatic rings. The summed E-state index contributed by atoms with van der Waals surface area (Å²) in [4.78, 5) is 32.1. The van der Waals surface area contributed by atoms with Crippen LogP contribution in [0.4, 0.5) is 0 Å². The third-order valence-electron chi connectivity index (χ3n) is 4.78. The van der Waals surface area contributed by atoms with Crippen LogP contribution >= 0.6 is 0 Å². The Bertz CT molecular complexity index is 752. The van der Waals surface area contributed by atoms with Gasteiger partial charge < -0.3 is 14.8 Å². The number of hydrogen-bond donors (Lipinski definition) is 1. The first-order valence-electron chi connectivity index (χ1n) is 8.80. The molecule has 0 bridgehead atoms. The van der Waals surface area contributed by atoms with Gasteiger partial charge in [0.05, 0.1) is 6.42 Å². The van der Waals surface area contributed by atoms with Gasteiger partial charge >= 0.3 is 0 Å². The number of aromatic nitrogens is 1. The molecule has 0 unspecified atom stereocenters. The van der Waals surface area contributed by atoms with Crippen LogP contribution in [0.3, 0.4) is 0 Å². The van der Waals surface area contributed by atoms with E-state index in [0.29, 0.717) is 32.6 Å². The number of carbonyl (C=O) groups excluding carboxylic acids is 2. The monoisotopic (exact) mass is 339 g/mol. The van der Waals surface area contributed by atoms with Gasteiger partial charge in [-0.1, -0.05) is 17.7 Å². The van der Waals surface area contributed by atoms with Crippen molar-refractivity contribution >= 4 is 11.8 Å². The van der Waals surface area contributed by atoms with Crippen LogP contribution in [0.2, 0.25) is 0 Å². The van der Waals surface area contributed by atoms with Gasteiger partial charge in [-0.3, -0.25) is 9.59 Å². The molecule has 3 rings (SSSR count). The zero-order valence-electron chi connectivity index (χ0n) is 14.9. The van der Waals surface area contributed by atoms with Gasteiger partial charge in [0.15, 0.2) is 0 Å². The van der Waals surface area contributed by atoms with E-state index in [1.165, 1.54) is 0 Å². The molecule has 0 aliphatic carbocycles. The van der Waals surface area contributed by atoms with Crippen LogP contribution in [0.5, 0.6) is 0 Å². The first-order valence-corrected chi connectivity index (χ1v) is 8.80. The minimum atomic E-state index is 0.0705. The van der Waals surface area contributed by atoms with Crippen molar-refractivity contribution in [2.75, 3.05) is 26.2 Å². The van der Waals surface area contributed by atoms with Crippen molar-refractivity contribution in [1.82, 2.24) is 14.8 Å². The molecule has 1 saturated heterocycles. The van der Waals surface area contributed by atoms with Crippen LogP contribution in [-0.2, 0) is 11.2 Å². The van der Waals surface area contributed by atoms with E-state index in [9.17, 15) is 9.59 Å². The minimum Gasteiger partial charge on any atom is -0.367 e. The lowest BCUT2D eigenvalue weighted by Crippen LogP contribution is -2.38. The van der Waals surface area contributed by atoms with Gasteiger partial charge in [-0.05, 0) is 43.5 Å². The largest absolute Gasteiger partial charge is 0.367 e. The molecular weight excluding hydrogens is 314 g/mol. The number of hydrogen-bond acceptors (Lipinski definition) is 2. The maximum Gasteiger partial charge on any atom is 0.254 e. The molecule has 1 N–H and O–H groups in total. The van der Waals surface area contributed by atoms with Crippen LogP contribution in [0.15, 0.2) is 36.7 Å². The van der Waals surface area contributed by atoms with Crippen LogP contribution in [0, 0.1) is 13.8 Å². The average Bonchev–Trinajstić information content (AvgIpc) is 2.97. The first-order chi connectivity index (χ1) is 12.0. The van der Waals surface area contributed by atoms with E-state index in [1.54, 1.807) is 0 Å². The van der Waals surface area contributed by atoms with Crippen molar-refractivity contribution in [2.45, 2.75) is 26.7 Å². The van der Waals surface area contributed by atoms with E-state index < -0.39 is 0 Å². The van der Waals surface area contributed by atoms with Gasteiger partial charge in [0.1, 0.15) is 0 Å². The maximum absolute atomic E-state index is 12.9. The summed E-state index contributed by atoms with van der Waals surface area (Å²) < 4.78 is 0. The van der Waals surface area contributed by atoms with Crippen molar-refractivity contribution in [2.24, 2.45) is 0 Å². The Morgan fingerprint density at radius 2 is 1.80 bits per heavy atom. The number of nitrogens with one attached hydrogen (secondary N) is 1. The first kappa shape index (κ1) is 17.3. The van der Waals surface area contributed by atoms with Crippen molar-refractivity contribution < 1.29 is 9.59 Å². The van der Waals surface area contributed by atoms with E-state index in [1.807, 2.05) is 60.3 Å². The molecule has 2 heterocycles. The summed E-state index contributed by atoms with van der Waals surface area (Å²) in [5, 5.41) is 0. The summed E-state index contributed by atoms with van der Waals surface area (Å²) in [6, 6.07) is 7.90. The summed E-state index contributed by atoms with van der Waals surface area (Å²) in [5.41, 5.74) is 3.86. The fourth-order valence-electron chi connectivity index (χ4n) is 3.26. The standard InChI is InChI=1S/C20H25N3O2/c1-15-4-5-16(2)18(12-15)20(25)23-9-3-8-22(10-11-23)19(24)13-17-6-7-21-14-17/h4-7,12,14,21H,3,8-11,13H2,1-2H3. The number of aromatic amines is 1. The molecule has 0 spiro atoms. The smallest absolute Gasteiger partial charge is 0.254 e. The van der Waals surface area contributed by atoms with Gasteiger partial charge in [0.25, 0.3) is 5.91 Å². The summed E-state index contributed by atoms with van der Waals surface area (Å²) >= 11 is 0. The highest BCUT2D eigenvalue weighted by molar-refractivity contribution is 5.96. The molecule has 0 saturated carbocycles. The van der Waals surface area contributed by atoms with Gasteiger partial charge in [-0.2, -0.15) is 0 Å². The van der Waals surface area contributed by atoms with Gasteiger partial charge in [-0.25, -0.2) is 0 Å². The third kappa shape index (κ3) is 4.10. The van der Waals surface area contributed by atoms with E-state index in [4.69, 9.17) is 0 Å². The second-order valence-electron chi connectivity index (χ2n) is 6.74. The SMILES string of the molecule is Cc1ccc(C)c(C(=O)N2CCCN(C(=O)Cc3cc[nH]c3)CC2)c1. The third-order valence-corrected chi connectivity index (χ3v) is 4.78. The van der Waals surface area contributed by atoms with Crippen molar-refractivity contribution in [1.29, 1.82) is 0 Å². The van der Waals surface area contributed by atoms with Crippen LogP contribution < -0.4 is 0 Å². The number of H-pyrrole nitrogens is 1. The van der Waals surface area contributed by atoms with Crippen molar-refractivity contribution in [3.05, 3.63) is 58.9 Å². The number of aryl methyl sites for hydroxylation is 2. The Kier molecular flexibility index (Phi) is 5.22. The average molecular weight is 339 g/mol. The second kappa shape index (κ2) is 7.55. The molecular formula is C20H25N3O2. The molecule has 1 aromatic carbocycles. The van der Waals surface area contributed by atoms with Gasteiger partial charge in [0, 0.05) is 44.1 Å². The normalized spacial score (nSPS) is 15.1. The summed E-state index contributed by atoms with van der Waals surface area (Å²) in [6.45, 7) is 6.56. The lowest BCUT2D eigenvalue weighted by molar-refractivity contribution is -0.130. The molecule has 0 radical (unpaired) electrons. The number of rotatable bonds is 3. The Balaban J connectivity index is 1.64. The summed E-state index contributed by atoms with van der Waals surface area (Å²) in [7, 11) is 0. The Labute approximate surface area is 148 Å². The number of carbonyl (C=O) groups is 2. The molecule has 1 aliphatic heterocycles. The lowest BCUT2D eigenvalue weighted by atomic mass is 10.0. The fraction of sp³-hybridized carbons (Fsp3) is 0.400. The molecule has 2 amide bonds. The highest BCUT2D eigenvalue weighted by atomic mass is 16.2. The minimum absolute atomic E-state index is 0.0705. The molecule has 1 fully saturated rings. The van der Waals surface area contributed by atoms with Crippen LogP contribution in [-0.4, -0.2) is 52.8 Å². The molecule has 5 nitrogen and oxygen atoms in total. The number of benzene rings is 1. The Morgan fingerprint density at radius 3 is 2.56 bits per heavy atom. The number of nitrogens with zero attached hydrogens (tertiary/aromatic N) is 2. The molecule has 5 heteroatoms. The van der Waals surface area contributed by atoms with E-state index in [-0.39, 0.29) is 11.8 Å². The molecule has 1 aromatic heterocycles. The Morgan fingerprint density at radius 1 is 1.04 bits per heavy atom. The lowest BCUT2D eigenvalue weighted by Gasteiger charge is -2.23. The van der Waals surface area contributed by atoms with Crippen LogP contribution in [0.25, 0.3) is 0 Å². The summed E-state index contributed by atoms with van der Waals surface area (Å²) in [6.07, 6.45) is 4.91. The summed E-state index contributed by atoms with van der Waals surface area (Å²) in [5.74, 6) is 0.196. The predicted octanol–water partition coefficient (Wildman–Crippen LogP) is 2.55. The zero-order chi connectivity index (χ0) is 17.8. The van der Waals surface area contributed by atoms with Gasteiger partial charge in [0.2, 0.25) is 5.91 Å². The van der Waals surface area contributed by atoms with Crippen molar-refractivity contribution in [3.63, 3.8) is 0 Å². The highest BCUT2D eigenvalue weighted by Gasteiger charge is 2.23. The predicted molar refractivity (Wildman–Crippen MR) is 97.5 cm³/mol. The molecule has 25 heavy (non-hydrogen) atoms. The quantitative estimate of drug-likeness (QED) is 0.934. The Hall–Kier alpha value is -2.56. The van der Waals surface area contributed by atoms with Gasteiger partial charge in [-0.15, -0.1) is 0 Å². The topological polar surface area (TPSA) is 56.4 Å². The highest BCUT2D eigenvalue weighted by Crippen LogP contribution is 2.15. The van der Waals surface area contributed by atoms with E-state index >= 15 is 0 Å². The molecule has 2 aromatic rings.